The number of nitro benzene ring substituents is 1. The molecule has 0 saturated heterocycles. The molecule has 104 valence electrons. The predicted molar refractivity (Wildman–Crippen MR) is 71.0 cm³/mol. The SMILES string of the molecule is CC(C)N(CCCO)C(=O)c1ccccc1[N+](=O)[O-]. The fraction of sp³-hybridized carbons (Fsp3) is 0.462. The number of rotatable bonds is 6. The molecule has 1 aromatic rings. The van der Waals surface area contributed by atoms with E-state index in [1.54, 1.807) is 6.07 Å². The Morgan fingerprint density at radius 1 is 1.42 bits per heavy atom. The first kappa shape index (κ1) is 15.1. The third-order valence-corrected chi connectivity index (χ3v) is 2.77. The van der Waals surface area contributed by atoms with Crippen LogP contribution >= 0.6 is 0 Å². The number of amides is 1. The summed E-state index contributed by atoms with van der Waals surface area (Å²) < 4.78 is 0. The summed E-state index contributed by atoms with van der Waals surface area (Å²) in [5, 5.41) is 19.8. The summed E-state index contributed by atoms with van der Waals surface area (Å²) in [4.78, 5) is 24.3. The highest BCUT2D eigenvalue weighted by Crippen LogP contribution is 2.20. The molecule has 1 amide bonds. The van der Waals surface area contributed by atoms with Crippen molar-refractivity contribution in [3.05, 3.63) is 39.9 Å². The lowest BCUT2D eigenvalue weighted by atomic mass is 10.1. The van der Waals surface area contributed by atoms with Crippen LogP contribution in [0.25, 0.3) is 0 Å². The van der Waals surface area contributed by atoms with Crippen molar-refractivity contribution in [1.29, 1.82) is 0 Å². The summed E-state index contributed by atoms with van der Waals surface area (Å²) in [6, 6.07) is 5.82. The first-order chi connectivity index (χ1) is 8.99. The number of hydrogen-bond donors (Lipinski definition) is 1. The first-order valence-corrected chi connectivity index (χ1v) is 6.14. The highest BCUT2D eigenvalue weighted by molar-refractivity contribution is 5.98. The predicted octanol–water partition coefficient (Wildman–Crippen LogP) is 1.83. The van der Waals surface area contributed by atoms with Crippen molar-refractivity contribution >= 4 is 11.6 Å². The first-order valence-electron chi connectivity index (χ1n) is 6.14. The summed E-state index contributed by atoms with van der Waals surface area (Å²) in [5.74, 6) is -0.379. The quantitative estimate of drug-likeness (QED) is 0.629. The van der Waals surface area contributed by atoms with E-state index in [4.69, 9.17) is 5.11 Å². The highest BCUT2D eigenvalue weighted by atomic mass is 16.6. The summed E-state index contributed by atoms with van der Waals surface area (Å²) >= 11 is 0. The van der Waals surface area contributed by atoms with E-state index in [9.17, 15) is 14.9 Å². The molecule has 19 heavy (non-hydrogen) atoms. The number of carbonyl (C=O) groups is 1. The minimum absolute atomic E-state index is 0.0205. The molecule has 0 fully saturated rings. The third kappa shape index (κ3) is 3.75. The maximum atomic E-state index is 12.4. The van der Waals surface area contributed by atoms with Gasteiger partial charge in [0.25, 0.3) is 11.6 Å². The van der Waals surface area contributed by atoms with Crippen molar-refractivity contribution in [2.75, 3.05) is 13.2 Å². The number of aliphatic hydroxyl groups is 1. The monoisotopic (exact) mass is 266 g/mol. The van der Waals surface area contributed by atoms with Crippen LogP contribution in [-0.4, -0.2) is 40.0 Å². The van der Waals surface area contributed by atoms with Crippen LogP contribution < -0.4 is 0 Å². The second-order valence-electron chi connectivity index (χ2n) is 4.44. The van der Waals surface area contributed by atoms with Gasteiger partial charge in [0, 0.05) is 25.3 Å². The van der Waals surface area contributed by atoms with E-state index in [-0.39, 0.29) is 29.8 Å². The molecular weight excluding hydrogens is 248 g/mol. The Hall–Kier alpha value is -1.95. The van der Waals surface area contributed by atoms with Gasteiger partial charge in [-0.1, -0.05) is 12.1 Å². The van der Waals surface area contributed by atoms with Crippen molar-refractivity contribution in [3.63, 3.8) is 0 Å². The van der Waals surface area contributed by atoms with Gasteiger partial charge in [0.2, 0.25) is 0 Å². The Balaban J connectivity index is 3.06. The zero-order chi connectivity index (χ0) is 14.4. The molecule has 6 heteroatoms. The highest BCUT2D eigenvalue weighted by Gasteiger charge is 2.25. The van der Waals surface area contributed by atoms with Gasteiger partial charge < -0.3 is 10.0 Å². The van der Waals surface area contributed by atoms with Crippen LogP contribution in [0.2, 0.25) is 0 Å². The maximum absolute atomic E-state index is 12.4. The van der Waals surface area contributed by atoms with Crippen LogP contribution in [0.1, 0.15) is 30.6 Å². The third-order valence-electron chi connectivity index (χ3n) is 2.77. The summed E-state index contributed by atoms with van der Waals surface area (Å²) in [7, 11) is 0. The molecule has 0 unspecified atom stereocenters. The molecule has 0 aromatic heterocycles. The molecular formula is C13H18N2O4. The molecule has 1 aromatic carbocycles. The molecule has 0 spiro atoms. The standard InChI is InChI=1S/C13H18N2O4/c1-10(2)14(8-5-9-16)13(17)11-6-3-4-7-12(11)15(18)19/h3-4,6-7,10,16H,5,8-9H2,1-2H3. The Bertz CT molecular complexity index is 460. The van der Waals surface area contributed by atoms with E-state index in [1.807, 2.05) is 13.8 Å². The van der Waals surface area contributed by atoms with Gasteiger partial charge in [-0.2, -0.15) is 0 Å². The van der Waals surface area contributed by atoms with Crippen molar-refractivity contribution in [1.82, 2.24) is 4.90 Å². The zero-order valence-corrected chi connectivity index (χ0v) is 11.1. The second kappa shape index (κ2) is 6.84. The van der Waals surface area contributed by atoms with Gasteiger partial charge in [-0.25, -0.2) is 0 Å². The van der Waals surface area contributed by atoms with Gasteiger partial charge in [0.15, 0.2) is 0 Å². The number of nitrogens with zero attached hydrogens (tertiary/aromatic N) is 2. The Morgan fingerprint density at radius 3 is 2.58 bits per heavy atom. The lowest BCUT2D eigenvalue weighted by molar-refractivity contribution is -0.385. The lowest BCUT2D eigenvalue weighted by Gasteiger charge is -2.26. The molecule has 0 atom stereocenters. The number of nitro groups is 1. The Morgan fingerprint density at radius 2 is 2.05 bits per heavy atom. The van der Waals surface area contributed by atoms with E-state index in [0.29, 0.717) is 13.0 Å². The van der Waals surface area contributed by atoms with E-state index >= 15 is 0 Å². The molecule has 0 saturated carbocycles. The molecule has 1 N–H and O–H groups in total. The normalized spacial score (nSPS) is 10.5. The molecule has 6 nitrogen and oxygen atoms in total. The largest absolute Gasteiger partial charge is 0.396 e. The van der Waals surface area contributed by atoms with Gasteiger partial charge in [-0.05, 0) is 26.3 Å². The molecule has 0 bridgehead atoms. The Kier molecular flexibility index (Phi) is 5.44. The maximum Gasteiger partial charge on any atom is 0.282 e. The second-order valence-corrected chi connectivity index (χ2v) is 4.44. The van der Waals surface area contributed by atoms with Crippen LogP contribution in [0, 0.1) is 10.1 Å². The minimum Gasteiger partial charge on any atom is -0.396 e. The van der Waals surface area contributed by atoms with Gasteiger partial charge >= 0.3 is 0 Å². The number of aliphatic hydroxyl groups excluding tert-OH is 1. The van der Waals surface area contributed by atoms with Gasteiger partial charge in [0.05, 0.1) is 4.92 Å². The smallest absolute Gasteiger partial charge is 0.282 e. The fourth-order valence-electron chi connectivity index (χ4n) is 1.80. The van der Waals surface area contributed by atoms with Gasteiger partial charge in [0.1, 0.15) is 5.56 Å². The molecule has 0 aliphatic heterocycles. The lowest BCUT2D eigenvalue weighted by Crippen LogP contribution is -2.38. The van der Waals surface area contributed by atoms with Crippen LogP contribution in [-0.2, 0) is 0 Å². The van der Waals surface area contributed by atoms with Crippen molar-refractivity contribution in [3.8, 4) is 0 Å². The van der Waals surface area contributed by atoms with E-state index in [2.05, 4.69) is 0 Å². The van der Waals surface area contributed by atoms with Crippen LogP contribution in [0.15, 0.2) is 24.3 Å². The summed E-state index contributed by atoms with van der Waals surface area (Å²) in [5.41, 5.74) is -0.110. The molecule has 0 aliphatic carbocycles. The average Bonchev–Trinajstić information content (AvgIpc) is 2.38. The number of hydrogen-bond acceptors (Lipinski definition) is 4. The van der Waals surface area contributed by atoms with Crippen molar-refractivity contribution < 1.29 is 14.8 Å². The van der Waals surface area contributed by atoms with E-state index < -0.39 is 4.92 Å². The average molecular weight is 266 g/mol. The van der Waals surface area contributed by atoms with Crippen LogP contribution in [0.5, 0.6) is 0 Å². The number of benzene rings is 1. The van der Waals surface area contributed by atoms with E-state index in [1.165, 1.54) is 23.1 Å². The van der Waals surface area contributed by atoms with Gasteiger partial charge in [-0.3, -0.25) is 14.9 Å². The molecule has 0 aliphatic rings. The zero-order valence-electron chi connectivity index (χ0n) is 11.1. The molecule has 0 radical (unpaired) electrons. The number of para-hydroxylation sites is 1. The summed E-state index contributed by atoms with van der Waals surface area (Å²) in [6.45, 7) is 4.03. The topological polar surface area (TPSA) is 83.7 Å². The summed E-state index contributed by atoms with van der Waals surface area (Å²) in [6.07, 6.45) is 0.449. The van der Waals surface area contributed by atoms with Crippen LogP contribution in [0.4, 0.5) is 5.69 Å². The van der Waals surface area contributed by atoms with E-state index in [0.717, 1.165) is 0 Å². The Labute approximate surface area is 111 Å². The number of carbonyl (C=O) groups excluding carboxylic acids is 1. The fourth-order valence-corrected chi connectivity index (χ4v) is 1.80. The molecule has 0 heterocycles. The van der Waals surface area contributed by atoms with Crippen molar-refractivity contribution in [2.24, 2.45) is 0 Å². The van der Waals surface area contributed by atoms with Crippen molar-refractivity contribution in [2.45, 2.75) is 26.3 Å². The van der Waals surface area contributed by atoms with Crippen LogP contribution in [0.3, 0.4) is 0 Å². The molecule has 1 rings (SSSR count). The van der Waals surface area contributed by atoms with Gasteiger partial charge in [-0.15, -0.1) is 0 Å². The minimum atomic E-state index is -0.558.